The molecule has 40 heavy (non-hydrogen) atoms. The average molecular weight is 543 g/mol. The zero-order valence-corrected chi connectivity index (χ0v) is 22.3. The lowest BCUT2D eigenvalue weighted by Gasteiger charge is -2.35. The number of para-hydroxylation sites is 1. The summed E-state index contributed by atoms with van der Waals surface area (Å²) in [5.41, 5.74) is 4.48. The first-order valence-corrected chi connectivity index (χ1v) is 13.5. The van der Waals surface area contributed by atoms with Crippen LogP contribution in [0.2, 0.25) is 0 Å². The Morgan fingerprint density at radius 3 is 2.25 bits per heavy atom. The number of carboxylic acids is 2. The zero-order chi connectivity index (χ0) is 28.3. The van der Waals surface area contributed by atoms with Crippen molar-refractivity contribution in [1.82, 2.24) is 0 Å². The van der Waals surface area contributed by atoms with Crippen LogP contribution in [0.25, 0.3) is 6.08 Å². The number of carboxylic acid groups (broad SMARTS) is 2. The van der Waals surface area contributed by atoms with Gasteiger partial charge < -0.3 is 25.2 Å². The molecule has 4 rings (SSSR count). The Morgan fingerprint density at radius 1 is 0.875 bits per heavy atom. The highest BCUT2D eigenvalue weighted by atomic mass is 16.5. The van der Waals surface area contributed by atoms with Gasteiger partial charge in [0.05, 0.1) is 17.9 Å². The van der Waals surface area contributed by atoms with Crippen LogP contribution in [-0.4, -0.2) is 47.3 Å². The van der Waals surface area contributed by atoms with Crippen LogP contribution in [0, 0.1) is 0 Å². The molecule has 3 aromatic carbocycles. The van der Waals surface area contributed by atoms with Crippen LogP contribution in [-0.2, 0) is 27.2 Å². The van der Waals surface area contributed by atoms with Crippen molar-refractivity contribution in [2.45, 2.75) is 44.6 Å². The van der Waals surface area contributed by atoms with Gasteiger partial charge >= 0.3 is 11.9 Å². The molecule has 208 valence electrons. The van der Waals surface area contributed by atoms with Gasteiger partial charge in [-0.1, -0.05) is 60.7 Å². The largest absolute Gasteiger partial charge is 0.481 e. The molecule has 1 amide bonds. The van der Waals surface area contributed by atoms with Gasteiger partial charge in [-0.2, -0.15) is 0 Å². The van der Waals surface area contributed by atoms with E-state index in [1.807, 2.05) is 18.2 Å². The minimum Gasteiger partial charge on any atom is -0.481 e. The fraction of sp³-hybridized carbons (Fsp3) is 0.281. The molecule has 8 nitrogen and oxygen atoms in total. The summed E-state index contributed by atoms with van der Waals surface area (Å²) in [7, 11) is 0. The molecule has 1 unspecified atom stereocenters. The fourth-order valence-electron chi connectivity index (χ4n) is 4.68. The van der Waals surface area contributed by atoms with Gasteiger partial charge in [0.15, 0.2) is 5.75 Å². The molecule has 0 bridgehead atoms. The topological polar surface area (TPSA) is 116 Å². The molecule has 3 aromatic rings. The van der Waals surface area contributed by atoms with E-state index < -0.39 is 18.0 Å². The van der Waals surface area contributed by atoms with Crippen molar-refractivity contribution in [3.8, 4) is 5.75 Å². The van der Waals surface area contributed by atoms with Gasteiger partial charge in [0, 0.05) is 19.0 Å². The second kappa shape index (κ2) is 14.0. The molecule has 0 saturated heterocycles. The number of aliphatic carboxylic acids is 2. The lowest BCUT2D eigenvalue weighted by Crippen LogP contribution is -2.45. The number of rotatable bonds is 13. The molecule has 0 aliphatic carbocycles. The first-order valence-electron chi connectivity index (χ1n) is 13.5. The van der Waals surface area contributed by atoms with Crippen LogP contribution in [0.15, 0.2) is 78.9 Å². The molecule has 0 saturated carbocycles. The smallest absolute Gasteiger partial charge is 0.346 e. The normalized spacial score (nSPS) is 14.4. The molecule has 0 spiro atoms. The number of hydrogen-bond donors (Lipinski definition) is 3. The van der Waals surface area contributed by atoms with Crippen LogP contribution in [0.1, 0.15) is 42.4 Å². The monoisotopic (exact) mass is 542 g/mol. The third-order valence-electron chi connectivity index (χ3n) is 6.76. The Morgan fingerprint density at radius 2 is 1.57 bits per heavy atom. The van der Waals surface area contributed by atoms with E-state index in [4.69, 9.17) is 9.84 Å². The number of hydrogen-bond acceptors (Lipinski definition) is 5. The van der Waals surface area contributed by atoms with Gasteiger partial charge in [-0.15, -0.1) is 0 Å². The predicted molar refractivity (Wildman–Crippen MR) is 155 cm³/mol. The number of ether oxygens (including phenoxy) is 1. The number of nitrogens with one attached hydrogen (secondary N) is 1. The van der Waals surface area contributed by atoms with Crippen LogP contribution >= 0.6 is 0 Å². The number of benzene rings is 3. The number of nitrogens with zero attached hydrogens (tertiary/aromatic N) is 1. The van der Waals surface area contributed by atoms with Gasteiger partial charge in [-0.25, -0.2) is 4.79 Å². The third-order valence-corrected chi connectivity index (χ3v) is 6.76. The lowest BCUT2D eigenvalue weighted by molar-refractivity contribution is -0.145. The van der Waals surface area contributed by atoms with Gasteiger partial charge in [0.25, 0.3) is 0 Å². The zero-order valence-electron chi connectivity index (χ0n) is 22.3. The summed E-state index contributed by atoms with van der Waals surface area (Å²) in [6.45, 7) is 0.440. The maximum atomic E-state index is 12.7. The molecule has 0 aromatic heterocycles. The SMILES string of the molecule is O=C(O)CCCN1CC(C(=O)O)Oc2c(NC(=O)/C=C/c3ccc(CCCCc4ccccc4)cc3)cccc21. The van der Waals surface area contributed by atoms with Gasteiger partial charge in [-0.3, -0.25) is 9.59 Å². The van der Waals surface area contributed by atoms with Crippen LogP contribution in [0.5, 0.6) is 5.75 Å². The molecule has 1 aliphatic heterocycles. The van der Waals surface area contributed by atoms with Crippen LogP contribution < -0.4 is 15.0 Å². The summed E-state index contributed by atoms with van der Waals surface area (Å²) in [5.74, 6) is -2.16. The first kappa shape index (κ1) is 28.4. The summed E-state index contributed by atoms with van der Waals surface area (Å²) in [6.07, 6.45) is 6.66. The standard InChI is InChI=1S/C32H34N2O6/c35-29(20-19-25-17-15-24(16-18-25)11-5-4-10-23-8-2-1-3-9-23)33-26-12-6-13-27-31(26)40-28(32(38)39)22-34(27)21-7-14-30(36)37/h1-3,6,8-9,12-13,15-20,28H,4-5,7,10-11,14,21-22H2,(H,33,35)(H,36,37)(H,38,39)/b20-19+. The van der Waals surface area contributed by atoms with Gasteiger partial charge in [-0.05, 0) is 67.0 Å². The van der Waals surface area contributed by atoms with E-state index in [1.165, 1.54) is 17.2 Å². The minimum atomic E-state index is -1.14. The highest BCUT2D eigenvalue weighted by molar-refractivity contribution is 6.03. The summed E-state index contributed by atoms with van der Waals surface area (Å²) in [5, 5.41) is 21.3. The summed E-state index contributed by atoms with van der Waals surface area (Å²) in [4.78, 5) is 37.1. The van der Waals surface area contributed by atoms with E-state index in [1.54, 1.807) is 29.2 Å². The quantitative estimate of drug-likeness (QED) is 0.195. The number of carbonyl (C=O) groups is 3. The van der Waals surface area contributed by atoms with E-state index in [2.05, 4.69) is 41.7 Å². The predicted octanol–water partition coefficient (Wildman–Crippen LogP) is 5.42. The second-order valence-corrected chi connectivity index (χ2v) is 9.80. The second-order valence-electron chi connectivity index (χ2n) is 9.80. The molecule has 3 N–H and O–H groups in total. The number of fused-ring (bicyclic) bond motifs is 1. The summed E-state index contributed by atoms with van der Waals surface area (Å²) in [6, 6.07) is 23.8. The van der Waals surface area contributed by atoms with Crippen molar-refractivity contribution in [3.63, 3.8) is 0 Å². The number of unbranched alkanes of at least 4 members (excludes halogenated alkanes) is 1. The van der Waals surface area contributed by atoms with Crippen LogP contribution in [0.4, 0.5) is 11.4 Å². The number of amides is 1. The third kappa shape index (κ3) is 8.20. The lowest BCUT2D eigenvalue weighted by atomic mass is 10.0. The van der Waals surface area contributed by atoms with Crippen molar-refractivity contribution in [3.05, 3.63) is 95.6 Å². The van der Waals surface area contributed by atoms with E-state index in [9.17, 15) is 19.5 Å². The maximum absolute atomic E-state index is 12.7. The maximum Gasteiger partial charge on any atom is 0.346 e. The Hall–Kier alpha value is -4.59. The van der Waals surface area contributed by atoms with E-state index in [0.29, 0.717) is 24.3 Å². The molecule has 0 fully saturated rings. The minimum absolute atomic E-state index is 0.0269. The molecule has 8 heteroatoms. The molecule has 1 aliphatic rings. The van der Waals surface area contributed by atoms with Crippen molar-refractivity contribution in [2.75, 3.05) is 23.3 Å². The average Bonchev–Trinajstić information content (AvgIpc) is 2.95. The highest BCUT2D eigenvalue weighted by Crippen LogP contribution is 2.40. The highest BCUT2D eigenvalue weighted by Gasteiger charge is 2.32. The Balaban J connectivity index is 1.33. The molecule has 1 heterocycles. The van der Waals surface area contributed by atoms with Crippen molar-refractivity contribution in [1.29, 1.82) is 0 Å². The molecular formula is C32H34N2O6. The van der Waals surface area contributed by atoms with E-state index >= 15 is 0 Å². The summed E-state index contributed by atoms with van der Waals surface area (Å²) < 4.78 is 5.73. The first-order chi connectivity index (χ1) is 19.4. The van der Waals surface area contributed by atoms with Crippen molar-refractivity contribution >= 4 is 35.3 Å². The summed E-state index contributed by atoms with van der Waals surface area (Å²) >= 11 is 0. The fourth-order valence-corrected chi connectivity index (χ4v) is 4.68. The molecule has 1 atom stereocenters. The van der Waals surface area contributed by atoms with Crippen molar-refractivity contribution in [2.24, 2.45) is 0 Å². The van der Waals surface area contributed by atoms with Gasteiger partial charge in [0.1, 0.15) is 0 Å². The number of anilines is 2. The van der Waals surface area contributed by atoms with Gasteiger partial charge in [0.2, 0.25) is 12.0 Å². The number of carbonyl (C=O) groups excluding carboxylic acids is 1. The molecule has 0 radical (unpaired) electrons. The Bertz CT molecular complexity index is 1340. The number of aryl methyl sites for hydroxylation is 2. The van der Waals surface area contributed by atoms with Crippen LogP contribution in [0.3, 0.4) is 0 Å². The van der Waals surface area contributed by atoms with Crippen molar-refractivity contribution < 1.29 is 29.3 Å². The van der Waals surface area contributed by atoms with E-state index in [-0.39, 0.29) is 24.6 Å². The Labute approximate surface area is 233 Å². The van der Waals surface area contributed by atoms with E-state index in [0.717, 1.165) is 31.2 Å². The molecular weight excluding hydrogens is 508 g/mol. The Kier molecular flexibility index (Phi) is 9.93.